The molecule has 2 atom stereocenters. The highest BCUT2D eigenvalue weighted by atomic mass is 16.1. The van der Waals surface area contributed by atoms with E-state index in [2.05, 4.69) is 28.7 Å². The predicted octanol–water partition coefficient (Wildman–Crippen LogP) is 1.60. The van der Waals surface area contributed by atoms with Crippen LogP contribution in [-0.4, -0.2) is 23.1 Å². The van der Waals surface area contributed by atoms with Crippen molar-refractivity contribution in [2.24, 2.45) is 11.8 Å². The van der Waals surface area contributed by atoms with Gasteiger partial charge in [-0.1, -0.05) is 13.8 Å². The van der Waals surface area contributed by atoms with Crippen LogP contribution in [0, 0.1) is 11.8 Å². The van der Waals surface area contributed by atoms with Crippen molar-refractivity contribution in [3.05, 3.63) is 28.8 Å². The number of hydrogen-bond acceptors (Lipinski definition) is 4. The van der Waals surface area contributed by atoms with Gasteiger partial charge >= 0.3 is 0 Å². The first-order valence-electron chi connectivity index (χ1n) is 6.58. The molecule has 2 heterocycles. The fourth-order valence-corrected chi connectivity index (χ4v) is 2.72. The van der Waals surface area contributed by atoms with Gasteiger partial charge < -0.3 is 15.6 Å². The molecule has 5 heteroatoms. The second-order valence-corrected chi connectivity index (χ2v) is 5.52. The Bertz CT molecular complexity index is 669. The van der Waals surface area contributed by atoms with Crippen molar-refractivity contribution < 1.29 is 0 Å². The van der Waals surface area contributed by atoms with Crippen molar-refractivity contribution in [2.75, 3.05) is 23.7 Å². The van der Waals surface area contributed by atoms with Crippen LogP contribution in [0.3, 0.4) is 0 Å². The molecule has 1 aromatic carbocycles. The highest BCUT2D eigenvalue weighted by Crippen LogP contribution is 2.33. The maximum atomic E-state index is 11.7. The normalized spacial score (nSPS) is 23.2. The lowest BCUT2D eigenvalue weighted by atomic mass is 10.0. The molecule has 3 rings (SSSR count). The number of aromatic amines is 1. The summed E-state index contributed by atoms with van der Waals surface area (Å²) < 4.78 is 0. The Balaban J connectivity index is 2.10. The summed E-state index contributed by atoms with van der Waals surface area (Å²) >= 11 is 0. The fraction of sp³-hybridized carbons (Fsp3) is 0.429. The summed E-state index contributed by atoms with van der Waals surface area (Å²) in [7, 11) is 0. The number of anilines is 2. The Morgan fingerprint density at radius 1 is 1.32 bits per heavy atom. The first-order chi connectivity index (χ1) is 9.06. The van der Waals surface area contributed by atoms with E-state index in [0.717, 1.165) is 18.8 Å². The summed E-state index contributed by atoms with van der Waals surface area (Å²) in [6.45, 7) is 6.51. The van der Waals surface area contributed by atoms with Crippen molar-refractivity contribution in [3.63, 3.8) is 0 Å². The zero-order valence-electron chi connectivity index (χ0n) is 11.2. The number of benzene rings is 1. The van der Waals surface area contributed by atoms with E-state index >= 15 is 0 Å². The summed E-state index contributed by atoms with van der Waals surface area (Å²) in [5.74, 6) is 1.31. The van der Waals surface area contributed by atoms with Crippen molar-refractivity contribution >= 4 is 22.3 Å². The van der Waals surface area contributed by atoms with E-state index in [1.807, 2.05) is 6.07 Å². The van der Waals surface area contributed by atoms with E-state index in [0.29, 0.717) is 28.4 Å². The van der Waals surface area contributed by atoms with Crippen LogP contribution in [0.25, 0.3) is 10.9 Å². The quantitative estimate of drug-likeness (QED) is 0.762. The van der Waals surface area contributed by atoms with Gasteiger partial charge in [-0.3, -0.25) is 4.79 Å². The largest absolute Gasteiger partial charge is 0.397 e. The van der Waals surface area contributed by atoms with Crippen LogP contribution >= 0.6 is 0 Å². The molecule has 0 amide bonds. The molecule has 0 radical (unpaired) electrons. The molecule has 1 fully saturated rings. The first-order valence-corrected chi connectivity index (χ1v) is 6.58. The zero-order valence-corrected chi connectivity index (χ0v) is 11.2. The molecule has 1 saturated heterocycles. The van der Waals surface area contributed by atoms with Gasteiger partial charge in [0, 0.05) is 13.1 Å². The number of nitrogens with two attached hydrogens (primary N) is 1. The van der Waals surface area contributed by atoms with Gasteiger partial charge in [0.25, 0.3) is 5.56 Å². The van der Waals surface area contributed by atoms with Crippen molar-refractivity contribution in [1.82, 2.24) is 9.97 Å². The number of H-pyrrole nitrogens is 1. The molecule has 1 aliphatic rings. The van der Waals surface area contributed by atoms with Crippen molar-refractivity contribution in [2.45, 2.75) is 13.8 Å². The van der Waals surface area contributed by atoms with Crippen LogP contribution in [0.2, 0.25) is 0 Å². The van der Waals surface area contributed by atoms with Gasteiger partial charge in [0.1, 0.15) is 0 Å². The van der Waals surface area contributed by atoms with E-state index in [4.69, 9.17) is 5.73 Å². The van der Waals surface area contributed by atoms with Gasteiger partial charge in [-0.05, 0) is 24.0 Å². The minimum absolute atomic E-state index is 0.147. The van der Waals surface area contributed by atoms with Gasteiger partial charge in [-0.25, -0.2) is 4.98 Å². The van der Waals surface area contributed by atoms with Crippen LogP contribution < -0.4 is 16.2 Å². The van der Waals surface area contributed by atoms with Gasteiger partial charge in [0.2, 0.25) is 0 Å². The Morgan fingerprint density at radius 3 is 2.68 bits per heavy atom. The average Bonchev–Trinajstić information content (AvgIpc) is 2.70. The van der Waals surface area contributed by atoms with Crippen LogP contribution in [0.1, 0.15) is 13.8 Å². The van der Waals surface area contributed by atoms with E-state index in [1.165, 1.54) is 6.33 Å². The molecule has 0 saturated carbocycles. The summed E-state index contributed by atoms with van der Waals surface area (Å²) in [5.41, 5.74) is 8.29. The lowest BCUT2D eigenvalue weighted by molar-refractivity contribution is 0.494. The van der Waals surface area contributed by atoms with E-state index in [1.54, 1.807) is 6.07 Å². The number of nitrogen functional groups attached to an aromatic ring is 1. The number of fused-ring (bicyclic) bond motifs is 1. The van der Waals surface area contributed by atoms with Gasteiger partial charge in [0.15, 0.2) is 0 Å². The molecule has 19 heavy (non-hydrogen) atoms. The molecule has 1 aromatic heterocycles. The molecule has 0 bridgehead atoms. The van der Waals surface area contributed by atoms with E-state index in [-0.39, 0.29) is 5.56 Å². The third-order valence-corrected chi connectivity index (χ3v) is 4.12. The fourth-order valence-electron chi connectivity index (χ4n) is 2.72. The minimum atomic E-state index is -0.147. The van der Waals surface area contributed by atoms with Crippen LogP contribution in [0.4, 0.5) is 11.4 Å². The number of hydrogen-bond donors (Lipinski definition) is 2. The van der Waals surface area contributed by atoms with Gasteiger partial charge in [0.05, 0.1) is 28.6 Å². The molecule has 0 spiro atoms. The Labute approximate surface area is 111 Å². The van der Waals surface area contributed by atoms with E-state index < -0.39 is 0 Å². The number of nitrogens with one attached hydrogen (secondary N) is 1. The number of rotatable bonds is 1. The molecule has 3 N–H and O–H groups in total. The summed E-state index contributed by atoms with van der Waals surface area (Å²) in [4.78, 5) is 20.8. The monoisotopic (exact) mass is 258 g/mol. The molecule has 2 unspecified atom stereocenters. The Morgan fingerprint density at radius 2 is 2.00 bits per heavy atom. The van der Waals surface area contributed by atoms with Crippen LogP contribution in [-0.2, 0) is 0 Å². The third-order valence-electron chi connectivity index (χ3n) is 4.12. The molecular weight excluding hydrogens is 240 g/mol. The molecule has 100 valence electrons. The second-order valence-electron chi connectivity index (χ2n) is 5.52. The van der Waals surface area contributed by atoms with Crippen molar-refractivity contribution in [1.29, 1.82) is 0 Å². The molecule has 2 aromatic rings. The number of nitrogens with zero attached hydrogens (tertiary/aromatic N) is 2. The van der Waals surface area contributed by atoms with Crippen molar-refractivity contribution in [3.8, 4) is 0 Å². The maximum absolute atomic E-state index is 11.7. The Kier molecular flexibility index (Phi) is 2.69. The highest BCUT2D eigenvalue weighted by Gasteiger charge is 2.27. The minimum Gasteiger partial charge on any atom is -0.397 e. The first kappa shape index (κ1) is 12.0. The highest BCUT2D eigenvalue weighted by molar-refractivity contribution is 5.88. The topological polar surface area (TPSA) is 75.0 Å². The Hall–Kier alpha value is -2.04. The molecule has 5 nitrogen and oxygen atoms in total. The summed E-state index contributed by atoms with van der Waals surface area (Å²) in [6, 6.07) is 3.65. The maximum Gasteiger partial charge on any atom is 0.258 e. The molecule has 0 aliphatic carbocycles. The second kappa shape index (κ2) is 4.26. The summed E-state index contributed by atoms with van der Waals surface area (Å²) in [5, 5.41) is 0.545. The average molecular weight is 258 g/mol. The standard InChI is InChI=1S/C14H18N4O/c1-8-5-18(6-9(8)2)13-4-12-10(3-11(13)15)14(19)17-7-16-12/h3-4,7-9H,5-6,15H2,1-2H3,(H,16,17,19). The van der Waals surface area contributed by atoms with Crippen LogP contribution in [0.15, 0.2) is 23.3 Å². The predicted molar refractivity (Wildman–Crippen MR) is 77.3 cm³/mol. The lowest BCUT2D eigenvalue weighted by Gasteiger charge is -2.20. The summed E-state index contributed by atoms with van der Waals surface area (Å²) in [6.07, 6.45) is 1.43. The SMILES string of the molecule is CC1CN(c2cc3nc[nH]c(=O)c3cc2N)CC1C. The lowest BCUT2D eigenvalue weighted by Crippen LogP contribution is -2.21. The third kappa shape index (κ3) is 1.95. The number of aromatic nitrogens is 2. The van der Waals surface area contributed by atoms with Gasteiger partial charge in [-0.15, -0.1) is 0 Å². The molecular formula is C14H18N4O. The zero-order chi connectivity index (χ0) is 13.6. The van der Waals surface area contributed by atoms with Crippen LogP contribution in [0.5, 0.6) is 0 Å². The smallest absolute Gasteiger partial charge is 0.258 e. The van der Waals surface area contributed by atoms with Gasteiger partial charge in [-0.2, -0.15) is 0 Å². The van der Waals surface area contributed by atoms with E-state index in [9.17, 15) is 4.79 Å². The molecule has 1 aliphatic heterocycles.